The first-order valence-electron chi connectivity index (χ1n) is 10.7. The Balaban J connectivity index is 1.29. The molecular weight excluding hydrogens is 397 g/mol. The lowest BCUT2D eigenvalue weighted by Crippen LogP contribution is -2.40. The zero-order valence-electron chi connectivity index (χ0n) is 17.5. The van der Waals surface area contributed by atoms with Gasteiger partial charge in [0.15, 0.2) is 23.2 Å². The van der Waals surface area contributed by atoms with Crippen LogP contribution in [0, 0.1) is 5.82 Å². The summed E-state index contributed by atoms with van der Waals surface area (Å²) in [6.45, 7) is 3.22. The number of hydrogen-bond donors (Lipinski definition) is 2. The number of aromatic nitrogens is 2. The highest BCUT2D eigenvalue weighted by atomic mass is 19.1. The molecule has 7 nitrogen and oxygen atoms in total. The Morgan fingerprint density at radius 3 is 2.74 bits per heavy atom. The molecule has 0 atom stereocenters. The van der Waals surface area contributed by atoms with E-state index in [1.165, 1.54) is 13.2 Å². The third-order valence-electron chi connectivity index (χ3n) is 5.85. The van der Waals surface area contributed by atoms with Crippen LogP contribution in [0.1, 0.15) is 24.2 Å². The van der Waals surface area contributed by atoms with E-state index in [4.69, 9.17) is 19.4 Å². The third kappa shape index (κ3) is 4.20. The van der Waals surface area contributed by atoms with Gasteiger partial charge in [0.1, 0.15) is 11.9 Å². The molecule has 0 radical (unpaired) electrons. The van der Waals surface area contributed by atoms with E-state index in [9.17, 15) is 4.39 Å². The number of fused-ring (bicyclic) bond motifs is 1. The minimum atomic E-state index is -0.399. The fraction of sp³-hybridized carbons (Fsp3) is 0.391. The smallest absolute Gasteiger partial charge is 0.174 e. The standard InChI is InChI=1S/C23H26FN5O2/c1-30-17-5-6-21(18(24)13-17)31-16-8-11-29(12-9-16)23-22(26-15-3-2-4-15)27-20-14-25-10-7-19(20)28-23/h2-6,13,16,25H,7-12,14H2,1H3,(H,26,27). The summed E-state index contributed by atoms with van der Waals surface area (Å²) in [5, 5.41) is 6.76. The summed E-state index contributed by atoms with van der Waals surface area (Å²) in [4.78, 5) is 12.1. The molecule has 1 aromatic heterocycles. The molecule has 2 N–H and O–H groups in total. The van der Waals surface area contributed by atoms with Crippen molar-refractivity contribution < 1.29 is 13.9 Å². The Kier molecular flexibility index (Phi) is 5.46. The van der Waals surface area contributed by atoms with E-state index in [1.54, 1.807) is 12.1 Å². The quantitative estimate of drug-likeness (QED) is 0.739. The molecule has 1 aliphatic carbocycles. The zero-order chi connectivity index (χ0) is 21.2. The Labute approximate surface area is 181 Å². The average molecular weight is 423 g/mol. The fourth-order valence-corrected chi connectivity index (χ4v) is 4.04. The van der Waals surface area contributed by atoms with Crippen molar-refractivity contribution in [2.24, 2.45) is 0 Å². The van der Waals surface area contributed by atoms with Crippen LogP contribution < -0.4 is 25.0 Å². The van der Waals surface area contributed by atoms with E-state index in [-0.39, 0.29) is 11.9 Å². The first kappa shape index (κ1) is 19.8. The molecule has 1 aromatic carbocycles. The third-order valence-corrected chi connectivity index (χ3v) is 5.85. The number of halogens is 1. The van der Waals surface area contributed by atoms with Gasteiger partial charge >= 0.3 is 0 Å². The maximum Gasteiger partial charge on any atom is 0.174 e. The maximum absolute atomic E-state index is 14.2. The number of anilines is 2. The Morgan fingerprint density at radius 1 is 1.19 bits per heavy atom. The van der Waals surface area contributed by atoms with Gasteiger partial charge in [0.2, 0.25) is 0 Å². The van der Waals surface area contributed by atoms with Crippen molar-refractivity contribution in [1.82, 2.24) is 15.3 Å². The lowest BCUT2D eigenvalue weighted by atomic mass is 10.1. The maximum atomic E-state index is 14.2. The van der Waals surface area contributed by atoms with Crippen LogP contribution in [0.2, 0.25) is 0 Å². The molecule has 0 spiro atoms. The molecule has 0 unspecified atom stereocenters. The van der Waals surface area contributed by atoms with E-state index < -0.39 is 5.82 Å². The molecule has 1 fully saturated rings. The SMILES string of the molecule is COc1ccc(OC2CCN(c3nc4c(nc3NC3=CC=C3)CNCC4)CC2)c(F)c1. The molecular formula is C23H26FN5O2. The predicted molar refractivity (Wildman–Crippen MR) is 117 cm³/mol. The first-order valence-corrected chi connectivity index (χ1v) is 10.7. The van der Waals surface area contributed by atoms with Crippen LogP contribution in [0.5, 0.6) is 11.5 Å². The van der Waals surface area contributed by atoms with Crippen molar-refractivity contribution in [3.8, 4) is 11.5 Å². The van der Waals surface area contributed by atoms with Gasteiger partial charge in [0.05, 0.1) is 18.5 Å². The van der Waals surface area contributed by atoms with Crippen LogP contribution in [-0.2, 0) is 13.0 Å². The van der Waals surface area contributed by atoms with E-state index in [0.29, 0.717) is 5.75 Å². The fourth-order valence-electron chi connectivity index (χ4n) is 4.04. The topological polar surface area (TPSA) is 71.5 Å². The molecule has 8 heteroatoms. The number of hydrogen-bond acceptors (Lipinski definition) is 7. The van der Waals surface area contributed by atoms with Gasteiger partial charge in [-0.2, -0.15) is 0 Å². The number of nitrogens with one attached hydrogen (secondary N) is 2. The predicted octanol–water partition coefficient (Wildman–Crippen LogP) is 3.18. The van der Waals surface area contributed by atoms with Crippen molar-refractivity contribution in [2.45, 2.75) is 31.9 Å². The molecule has 162 valence electrons. The van der Waals surface area contributed by atoms with Crippen LogP contribution in [0.4, 0.5) is 16.0 Å². The van der Waals surface area contributed by atoms with Crippen LogP contribution >= 0.6 is 0 Å². The van der Waals surface area contributed by atoms with Crippen molar-refractivity contribution in [2.75, 3.05) is 37.0 Å². The normalized spacial score (nSPS) is 18.1. The van der Waals surface area contributed by atoms with Crippen LogP contribution in [0.25, 0.3) is 0 Å². The number of nitrogens with zero attached hydrogens (tertiary/aromatic N) is 3. The second-order valence-corrected chi connectivity index (χ2v) is 7.92. The molecule has 0 amide bonds. The number of benzene rings is 1. The molecule has 2 aromatic rings. The van der Waals surface area contributed by atoms with Crippen LogP contribution in [0.15, 0.2) is 42.1 Å². The molecule has 3 aliphatic rings. The van der Waals surface area contributed by atoms with Crippen molar-refractivity contribution in [3.05, 3.63) is 59.3 Å². The highest BCUT2D eigenvalue weighted by Gasteiger charge is 2.27. The highest BCUT2D eigenvalue weighted by molar-refractivity contribution is 5.66. The Hall–Kier alpha value is -3.13. The summed E-state index contributed by atoms with van der Waals surface area (Å²) >= 11 is 0. The lowest BCUT2D eigenvalue weighted by molar-refractivity contribution is 0.163. The molecule has 1 saturated heterocycles. The van der Waals surface area contributed by atoms with Gasteiger partial charge in [0.25, 0.3) is 0 Å². The molecule has 0 saturated carbocycles. The summed E-state index contributed by atoms with van der Waals surface area (Å²) < 4.78 is 25.3. The summed E-state index contributed by atoms with van der Waals surface area (Å²) in [5.41, 5.74) is 3.11. The molecule has 3 heterocycles. The van der Waals surface area contributed by atoms with Gasteiger partial charge in [-0.3, -0.25) is 0 Å². The highest BCUT2D eigenvalue weighted by Crippen LogP contribution is 2.31. The Morgan fingerprint density at radius 2 is 2.03 bits per heavy atom. The van der Waals surface area contributed by atoms with Gasteiger partial charge in [0, 0.05) is 57.2 Å². The molecule has 2 aliphatic heterocycles. The summed E-state index contributed by atoms with van der Waals surface area (Å²) in [5.74, 6) is 2.03. The van der Waals surface area contributed by atoms with Gasteiger partial charge in [-0.15, -0.1) is 0 Å². The number of allylic oxidation sites excluding steroid dienone is 3. The van der Waals surface area contributed by atoms with Crippen molar-refractivity contribution >= 4 is 11.6 Å². The second-order valence-electron chi connectivity index (χ2n) is 7.92. The van der Waals surface area contributed by atoms with E-state index in [0.717, 1.165) is 74.2 Å². The number of ether oxygens (including phenoxy) is 2. The summed E-state index contributed by atoms with van der Waals surface area (Å²) in [6, 6.07) is 4.70. The van der Waals surface area contributed by atoms with E-state index in [1.807, 2.05) is 18.2 Å². The number of piperidine rings is 1. The minimum absolute atomic E-state index is 0.0392. The van der Waals surface area contributed by atoms with E-state index in [2.05, 4.69) is 15.5 Å². The van der Waals surface area contributed by atoms with Crippen LogP contribution in [-0.4, -0.2) is 42.8 Å². The lowest BCUT2D eigenvalue weighted by Gasteiger charge is -2.34. The molecule has 31 heavy (non-hydrogen) atoms. The van der Waals surface area contributed by atoms with Crippen LogP contribution in [0.3, 0.4) is 0 Å². The second kappa shape index (κ2) is 8.55. The average Bonchev–Trinajstić information content (AvgIpc) is 2.77. The van der Waals surface area contributed by atoms with Crippen molar-refractivity contribution in [3.63, 3.8) is 0 Å². The minimum Gasteiger partial charge on any atom is -0.497 e. The van der Waals surface area contributed by atoms with Gasteiger partial charge in [-0.1, -0.05) is 6.08 Å². The summed E-state index contributed by atoms with van der Waals surface area (Å²) in [6.07, 6.45) is 8.45. The molecule has 0 bridgehead atoms. The number of rotatable bonds is 6. The number of methoxy groups -OCH3 is 1. The molecule has 5 rings (SSSR count). The largest absolute Gasteiger partial charge is 0.497 e. The monoisotopic (exact) mass is 423 g/mol. The van der Waals surface area contributed by atoms with Crippen molar-refractivity contribution in [1.29, 1.82) is 0 Å². The van der Waals surface area contributed by atoms with E-state index >= 15 is 0 Å². The van der Waals surface area contributed by atoms with Gasteiger partial charge in [-0.05, 0) is 24.3 Å². The van der Waals surface area contributed by atoms with Gasteiger partial charge in [-0.25, -0.2) is 14.4 Å². The summed E-state index contributed by atoms with van der Waals surface area (Å²) in [7, 11) is 1.52. The zero-order valence-corrected chi connectivity index (χ0v) is 17.5. The van der Waals surface area contributed by atoms with Gasteiger partial charge < -0.3 is 25.0 Å². The first-order chi connectivity index (χ1) is 15.2. The Bertz CT molecular complexity index is 1030.